The second-order valence-electron chi connectivity index (χ2n) is 9.00. The zero-order valence-corrected chi connectivity index (χ0v) is 18.0. The van der Waals surface area contributed by atoms with Gasteiger partial charge in [0.1, 0.15) is 0 Å². The van der Waals surface area contributed by atoms with Crippen LogP contribution in [0.2, 0.25) is 0 Å². The Hall–Kier alpha value is -3.20. The first-order valence-corrected chi connectivity index (χ1v) is 10.5. The third-order valence-corrected chi connectivity index (χ3v) is 6.40. The SMILES string of the molecule is CN(C)c1ccc(C(C2(C)C=c3ccccc3=N2)C2(C)C=c3ccccc3=N2)cc1. The van der Waals surface area contributed by atoms with Gasteiger partial charge in [-0.3, -0.25) is 9.98 Å². The molecule has 0 aliphatic carbocycles. The first-order valence-electron chi connectivity index (χ1n) is 10.5. The Morgan fingerprint density at radius 2 is 1.13 bits per heavy atom. The van der Waals surface area contributed by atoms with E-state index in [4.69, 9.17) is 9.98 Å². The summed E-state index contributed by atoms with van der Waals surface area (Å²) in [5.74, 6) is 0.0704. The van der Waals surface area contributed by atoms with E-state index in [9.17, 15) is 0 Å². The standard InChI is InChI=1S/C27H27N3/c1-26(17-20-9-5-7-11-23(20)28-26)25(19-13-15-22(16-14-19)30(3)4)27(2)18-21-10-6-8-12-24(21)29-27/h5-18,25H,1-4H3. The molecule has 0 amide bonds. The van der Waals surface area contributed by atoms with Gasteiger partial charge in [-0.15, -0.1) is 0 Å². The maximum atomic E-state index is 5.22. The molecular weight excluding hydrogens is 366 g/mol. The molecule has 2 atom stereocenters. The van der Waals surface area contributed by atoms with E-state index in [1.165, 1.54) is 21.7 Å². The lowest BCUT2D eigenvalue weighted by atomic mass is 9.69. The zero-order chi connectivity index (χ0) is 20.9. The van der Waals surface area contributed by atoms with Gasteiger partial charge in [0.15, 0.2) is 0 Å². The van der Waals surface area contributed by atoms with E-state index in [1.54, 1.807) is 0 Å². The number of anilines is 1. The molecule has 0 saturated heterocycles. The molecule has 0 saturated carbocycles. The highest BCUT2D eigenvalue weighted by Gasteiger charge is 2.47. The predicted octanol–water partition coefficient (Wildman–Crippen LogP) is 2.58. The van der Waals surface area contributed by atoms with Crippen LogP contribution in [0.1, 0.15) is 25.3 Å². The lowest BCUT2D eigenvalue weighted by molar-refractivity contribution is 0.375. The lowest BCUT2D eigenvalue weighted by Crippen LogP contribution is -2.41. The molecule has 150 valence electrons. The van der Waals surface area contributed by atoms with Crippen molar-refractivity contribution in [3.63, 3.8) is 0 Å². The van der Waals surface area contributed by atoms with Crippen LogP contribution < -0.4 is 26.1 Å². The first kappa shape index (κ1) is 18.8. The van der Waals surface area contributed by atoms with Gasteiger partial charge in [-0.2, -0.15) is 0 Å². The van der Waals surface area contributed by atoms with E-state index in [0.29, 0.717) is 0 Å². The van der Waals surface area contributed by atoms with Crippen LogP contribution in [0.15, 0.2) is 82.8 Å². The number of rotatable bonds is 4. The van der Waals surface area contributed by atoms with Gasteiger partial charge in [0.25, 0.3) is 0 Å². The summed E-state index contributed by atoms with van der Waals surface area (Å²) in [6.45, 7) is 4.49. The fourth-order valence-electron chi connectivity index (χ4n) is 5.16. The van der Waals surface area contributed by atoms with Crippen molar-refractivity contribution in [1.29, 1.82) is 0 Å². The third kappa shape index (κ3) is 2.97. The van der Waals surface area contributed by atoms with Crippen LogP contribution in [0, 0.1) is 0 Å². The minimum Gasteiger partial charge on any atom is -0.378 e. The van der Waals surface area contributed by atoms with Crippen molar-refractivity contribution < 1.29 is 0 Å². The molecule has 30 heavy (non-hydrogen) atoms. The minimum atomic E-state index is -0.389. The van der Waals surface area contributed by atoms with Gasteiger partial charge in [0, 0.05) is 25.7 Å². The van der Waals surface area contributed by atoms with E-state index >= 15 is 0 Å². The largest absolute Gasteiger partial charge is 0.378 e. The summed E-state index contributed by atoms with van der Waals surface area (Å²) in [4.78, 5) is 12.6. The zero-order valence-electron chi connectivity index (χ0n) is 18.0. The molecular formula is C27H27N3. The molecule has 0 N–H and O–H groups in total. The fourth-order valence-corrected chi connectivity index (χ4v) is 5.16. The van der Waals surface area contributed by atoms with Crippen molar-refractivity contribution in [2.24, 2.45) is 9.98 Å². The summed E-state index contributed by atoms with van der Waals surface area (Å²) >= 11 is 0. The number of para-hydroxylation sites is 2. The topological polar surface area (TPSA) is 28.0 Å². The number of nitrogens with zero attached hydrogens (tertiary/aromatic N) is 3. The highest BCUT2D eigenvalue weighted by atomic mass is 15.1. The highest BCUT2D eigenvalue weighted by molar-refractivity contribution is 5.56. The van der Waals surface area contributed by atoms with Crippen LogP contribution in [0.5, 0.6) is 0 Å². The third-order valence-electron chi connectivity index (χ3n) is 6.40. The maximum absolute atomic E-state index is 5.22. The van der Waals surface area contributed by atoms with Crippen LogP contribution in [0.3, 0.4) is 0 Å². The molecule has 0 fully saturated rings. The molecule has 0 spiro atoms. The number of fused-ring (bicyclic) bond motifs is 2. The predicted molar refractivity (Wildman–Crippen MR) is 124 cm³/mol. The van der Waals surface area contributed by atoms with Crippen molar-refractivity contribution in [3.8, 4) is 0 Å². The fraction of sp³-hybridized carbons (Fsp3) is 0.259. The van der Waals surface area contributed by atoms with E-state index < -0.39 is 0 Å². The normalized spacial score (nSPS) is 24.5. The van der Waals surface area contributed by atoms with Gasteiger partial charge in [-0.25, -0.2) is 0 Å². The smallest absolute Gasteiger partial charge is 0.0871 e. The number of hydrogen-bond donors (Lipinski definition) is 0. The Labute approximate surface area is 177 Å². The Balaban J connectivity index is 1.72. The minimum absolute atomic E-state index is 0.0704. The summed E-state index contributed by atoms with van der Waals surface area (Å²) in [5.41, 5.74) is 1.67. The molecule has 0 bridgehead atoms. The van der Waals surface area contributed by atoms with Gasteiger partial charge < -0.3 is 4.90 Å². The van der Waals surface area contributed by atoms with Gasteiger partial charge >= 0.3 is 0 Å². The lowest BCUT2D eigenvalue weighted by Gasteiger charge is -2.40. The maximum Gasteiger partial charge on any atom is 0.0871 e. The molecule has 3 heteroatoms. The molecule has 3 nitrogen and oxygen atoms in total. The van der Waals surface area contributed by atoms with Crippen molar-refractivity contribution in [2.45, 2.75) is 30.8 Å². The summed E-state index contributed by atoms with van der Waals surface area (Å²) in [7, 11) is 4.14. The van der Waals surface area contributed by atoms with E-state index in [1.807, 2.05) is 0 Å². The van der Waals surface area contributed by atoms with Gasteiger partial charge in [0.2, 0.25) is 0 Å². The molecule has 0 radical (unpaired) electrons. The van der Waals surface area contributed by atoms with Gasteiger partial charge in [-0.05, 0) is 66.3 Å². The summed E-state index contributed by atoms with van der Waals surface area (Å²) < 4.78 is 0. The van der Waals surface area contributed by atoms with E-state index in [2.05, 4.69) is 118 Å². The first-order chi connectivity index (χ1) is 14.4. The Morgan fingerprint density at radius 1 is 0.667 bits per heavy atom. The van der Waals surface area contributed by atoms with Crippen LogP contribution in [-0.4, -0.2) is 25.2 Å². The Morgan fingerprint density at radius 3 is 1.57 bits per heavy atom. The van der Waals surface area contributed by atoms with E-state index in [0.717, 1.165) is 10.7 Å². The molecule has 2 aliphatic heterocycles. The molecule has 5 rings (SSSR count). The van der Waals surface area contributed by atoms with Gasteiger partial charge in [0.05, 0.1) is 21.8 Å². The van der Waals surface area contributed by atoms with Crippen LogP contribution in [0.25, 0.3) is 12.2 Å². The molecule has 3 aromatic rings. The van der Waals surface area contributed by atoms with Crippen molar-refractivity contribution in [2.75, 3.05) is 19.0 Å². The Kier molecular flexibility index (Phi) is 4.18. The molecule has 2 heterocycles. The highest BCUT2D eigenvalue weighted by Crippen LogP contribution is 2.45. The summed E-state index contributed by atoms with van der Waals surface area (Å²) in [5, 5.41) is 4.53. The molecule has 2 aliphatic rings. The van der Waals surface area contributed by atoms with Crippen molar-refractivity contribution in [1.82, 2.24) is 0 Å². The average molecular weight is 394 g/mol. The van der Waals surface area contributed by atoms with Crippen LogP contribution >= 0.6 is 0 Å². The molecule has 3 aromatic carbocycles. The van der Waals surface area contributed by atoms with Crippen LogP contribution in [-0.2, 0) is 0 Å². The second-order valence-corrected chi connectivity index (χ2v) is 9.00. The monoisotopic (exact) mass is 393 g/mol. The van der Waals surface area contributed by atoms with Gasteiger partial charge in [-0.1, -0.05) is 48.5 Å². The van der Waals surface area contributed by atoms with E-state index in [-0.39, 0.29) is 17.0 Å². The average Bonchev–Trinajstić information content (AvgIpc) is 3.24. The summed E-state index contributed by atoms with van der Waals surface area (Å²) in [6, 6.07) is 25.7. The molecule has 2 unspecified atom stereocenters. The van der Waals surface area contributed by atoms with Crippen LogP contribution in [0.4, 0.5) is 5.69 Å². The number of hydrogen-bond acceptors (Lipinski definition) is 3. The van der Waals surface area contributed by atoms with Crippen molar-refractivity contribution >= 4 is 17.8 Å². The second kappa shape index (κ2) is 6.66. The Bertz CT molecular complexity index is 1200. The number of benzene rings is 3. The molecule has 0 aromatic heterocycles. The quantitative estimate of drug-likeness (QED) is 0.670. The van der Waals surface area contributed by atoms with Crippen molar-refractivity contribution in [3.05, 3.63) is 99.5 Å². The summed E-state index contributed by atoms with van der Waals surface area (Å²) in [6.07, 6.45) is 4.65.